The van der Waals surface area contributed by atoms with Gasteiger partial charge in [0.15, 0.2) is 0 Å². The Balaban J connectivity index is 0.00000306. The summed E-state index contributed by atoms with van der Waals surface area (Å²) in [5.41, 5.74) is 2.05. The fourth-order valence-corrected chi connectivity index (χ4v) is 9.41. The van der Waals surface area contributed by atoms with Gasteiger partial charge in [0.2, 0.25) is 0 Å². The van der Waals surface area contributed by atoms with E-state index in [2.05, 4.69) is 40.7 Å². The molecule has 33 heavy (non-hydrogen) atoms. The second kappa shape index (κ2) is 10.9. The first-order valence-electron chi connectivity index (χ1n) is 13.3. The first-order chi connectivity index (χ1) is 14.9. The van der Waals surface area contributed by atoms with Gasteiger partial charge in [-0.15, -0.1) is 0 Å². The zero-order valence-corrected chi connectivity index (χ0v) is 21.8. The Morgan fingerprint density at radius 1 is 1.06 bits per heavy atom. The van der Waals surface area contributed by atoms with Crippen molar-refractivity contribution in [3.63, 3.8) is 0 Å². The molecule has 0 spiro atoms. The van der Waals surface area contributed by atoms with Crippen molar-refractivity contribution in [3.8, 4) is 0 Å². The van der Waals surface area contributed by atoms with Gasteiger partial charge in [0.25, 0.3) is 0 Å². The van der Waals surface area contributed by atoms with Crippen LogP contribution >= 0.6 is 0 Å². The van der Waals surface area contributed by atoms with Crippen molar-refractivity contribution in [2.24, 2.45) is 46.3 Å². The molecular formula is C27H47KO4S. The average molecular weight is 507 g/mol. The number of fused-ring (bicyclic) bond motifs is 5. The van der Waals surface area contributed by atoms with Gasteiger partial charge in [-0.1, -0.05) is 65.5 Å². The van der Waals surface area contributed by atoms with E-state index < -0.39 is 16.5 Å². The van der Waals surface area contributed by atoms with E-state index in [4.69, 9.17) is 8.74 Å². The van der Waals surface area contributed by atoms with Gasteiger partial charge >= 0.3 is 61.8 Å². The number of hydrogen-bond acceptors (Lipinski definition) is 3. The molecule has 6 heteroatoms. The van der Waals surface area contributed by atoms with Crippen LogP contribution in [0.15, 0.2) is 11.6 Å². The summed E-state index contributed by atoms with van der Waals surface area (Å²) in [6, 6.07) is 0. The summed E-state index contributed by atoms with van der Waals surface area (Å²) < 4.78 is 36.6. The van der Waals surface area contributed by atoms with Crippen LogP contribution in [0.4, 0.5) is 0 Å². The summed E-state index contributed by atoms with van der Waals surface area (Å²) in [7, 11) is -4.38. The van der Waals surface area contributed by atoms with E-state index in [1.165, 1.54) is 50.5 Å². The monoisotopic (exact) mass is 506 g/mol. The van der Waals surface area contributed by atoms with Gasteiger partial charge in [-0.2, -0.15) is 8.42 Å². The Hall–Kier alpha value is 1.25. The molecule has 0 aliphatic heterocycles. The van der Waals surface area contributed by atoms with E-state index in [1.807, 2.05) is 0 Å². The van der Waals surface area contributed by atoms with Crippen LogP contribution in [0, 0.1) is 46.3 Å². The van der Waals surface area contributed by atoms with Crippen LogP contribution in [0.25, 0.3) is 0 Å². The van der Waals surface area contributed by atoms with Gasteiger partial charge in [-0.3, -0.25) is 4.55 Å². The van der Waals surface area contributed by atoms with Crippen LogP contribution in [0.2, 0.25) is 0 Å². The van der Waals surface area contributed by atoms with E-state index >= 15 is 0 Å². The molecule has 0 bridgehead atoms. The van der Waals surface area contributed by atoms with Crippen molar-refractivity contribution < 1.29 is 17.2 Å². The first kappa shape index (κ1) is 28.8. The predicted molar refractivity (Wildman–Crippen MR) is 137 cm³/mol. The van der Waals surface area contributed by atoms with Gasteiger partial charge in [0.05, 0.1) is 6.10 Å². The summed E-state index contributed by atoms with van der Waals surface area (Å²) in [5.74, 6) is 4.83. The molecule has 0 amide bonds. The molecule has 0 heterocycles. The van der Waals surface area contributed by atoms with Gasteiger partial charge in [-0.25, -0.2) is 4.18 Å². The van der Waals surface area contributed by atoms with E-state index in [9.17, 15) is 8.42 Å². The normalized spacial score (nSPS) is 41.4. The summed E-state index contributed by atoms with van der Waals surface area (Å²) in [5, 5.41) is 0. The molecule has 186 valence electrons. The predicted octanol–water partition coefficient (Wildman–Crippen LogP) is 6.57. The second-order valence-corrected chi connectivity index (χ2v) is 13.7. The summed E-state index contributed by atoms with van der Waals surface area (Å²) >= 11 is 0. The van der Waals surface area contributed by atoms with E-state index in [0.29, 0.717) is 24.2 Å². The summed E-state index contributed by atoms with van der Waals surface area (Å²) in [4.78, 5) is 0. The minimum absolute atomic E-state index is 0. The fraction of sp³-hybridized carbons (Fsp3) is 0.926. The first-order valence-corrected chi connectivity index (χ1v) is 14.7. The molecule has 1 N–H and O–H groups in total. The molecule has 0 aromatic rings. The van der Waals surface area contributed by atoms with Crippen molar-refractivity contribution in [2.75, 3.05) is 0 Å². The molecule has 8 atom stereocenters. The fourth-order valence-electron chi connectivity index (χ4n) is 8.91. The van der Waals surface area contributed by atoms with Crippen LogP contribution in [0.3, 0.4) is 0 Å². The van der Waals surface area contributed by atoms with Gasteiger partial charge in [-0.05, 0) is 97.7 Å². The van der Waals surface area contributed by atoms with Crippen LogP contribution in [-0.2, 0) is 14.6 Å². The third-order valence-corrected chi connectivity index (χ3v) is 11.0. The molecule has 4 rings (SSSR count). The minimum atomic E-state index is -4.38. The molecule has 4 nitrogen and oxygen atoms in total. The summed E-state index contributed by atoms with van der Waals surface area (Å²) in [6.07, 6.45) is 15.1. The SMILES string of the molecule is CC(C)CCC[C@@H](C)[C@H]1CCC2[C@H]3CC=C4CC(OS(=O)(=O)O)CC[C@]4(C)[C@@H]3CC[C@@]21C.[KH]. The molecule has 0 saturated heterocycles. The number of rotatable bonds is 7. The second-order valence-electron chi connectivity index (χ2n) is 12.7. The van der Waals surface area contributed by atoms with E-state index in [0.717, 1.165) is 42.4 Å². The van der Waals surface area contributed by atoms with Crippen LogP contribution in [0.1, 0.15) is 105 Å². The third kappa shape index (κ3) is 5.89. The Bertz CT molecular complexity index is 824. The average Bonchev–Trinajstić information content (AvgIpc) is 3.04. The maximum atomic E-state index is 11.2. The molecular weight excluding hydrogens is 459 g/mol. The van der Waals surface area contributed by atoms with Crippen LogP contribution in [-0.4, -0.2) is 70.5 Å². The zero-order valence-electron chi connectivity index (χ0n) is 21.0. The van der Waals surface area contributed by atoms with E-state index in [-0.39, 0.29) is 56.8 Å². The molecule has 2 unspecified atom stereocenters. The molecule has 0 aromatic heterocycles. The van der Waals surface area contributed by atoms with Crippen molar-refractivity contribution in [3.05, 3.63) is 11.6 Å². The molecule has 4 aliphatic carbocycles. The standard InChI is InChI=1S/C27H46O4S.K.H/c1-18(2)7-6-8-19(3)23-11-12-24-22-10-9-20-17-21(31-32(28,29)30)13-15-26(20,4)25(22)14-16-27(23,24)5;;/h9,18-19,21-25H,6-8,10-17H2,1-5H3,(H,28,29,30);;/t19-,21?,22-,23-,24?,25-,26+,27-;;/m1../s1. The number of allylic oxidation sites excluding steroid dienone is 1. The quantitative estimate of drug-likeness (QED) is 0.241. The van der Waals surface area contributed by atoms with Crippen molar-refractivity contribution >= 4 is 61.8 Å². The Morgan fingerprint density at radius 3 is 2.45 bits per heavy atom. The molecule has 3 fully saturated rings. The topological polar surface area (TPSA) is 63.6 Å². The Labute approximate surface area is 245 Å². The van der Waals surface area contributed by atoms with Crippen molar-refractivity contribution in [2.45, 2.75) is 111 Å². The molecule has 3 saturated carbocycles. The molecule has 4 aliphatic rings. The van der Waals surface area contributed by atoms with Gasteiger partial charge < -0.3 is 0 Å². The van der Waals surface area contributed by atoms with Crippen molar-refractivity contribution in [1.29, 1.82) is 0 Å². The van der Waals surface area contributed by atoms with Crippen molar-refractivity contribution in [1.82, 2.24) is 0 Å². The zero-order chi connectivity index (χ0) is 23.3. The Morgan fingerprint density at radius 2 is 1.79 bits per heavy atom. The maximum absolute atomic E-state index is 11.2. The summed E-state index contributed by atoms with van der Waals surface area (Å²) in [6.45, 7) is 12.3. The molecule has 0 aromatic carbocycles. The van der Waals surface area contributed by atoms with Crippen LogP contribution < -0.4 is 0 Å². The van der Waals surface area contributed by atoms with Crippen LogP contribution in [0.5, 0.6) is 0 Å². The third-order valence-electron chi connectivity index (χ3n) is 10.5. The van der Waals surface area contributed by atoms with E-state index in [1.54, 1.807) is 0 Å². The van der Waals surface area contributed by atoms with Gasteiger partial charge in [0, 0.05) is 0 Å². The number of hydrogen-bond donors (Lipinski definition) is 1. The Kier molecular flexibility index (Phi) is 9.54. The molecule has 0 radical (unpaired) electrons. The van der Waals surface area contributed by atoms with Gasteiger partial charge in [0.1, 0.15) is 0 Å².